The molecule has 104 valence electrons. The summed E-state index contributed by atoms with van der Waals surface area (Å²) >= 11 is 6.00. The normalized spacial score (nSPS) is 11.9. The molecule has 1 heterocycles. The van der Waals surface area contributed by atoms with Crippen LogP contribution in [0.4, 0.5) is 5.82 Å². The van der Waals surface area contributed by atoms with E-state index in [0.717, 1.165) is 5.56 Å². The SMILES string of the molecule is CC(c1cccc(Cl)c1)N(C)c1ccc(C(=O)O)cn1. The third-order valence-electron chi connectivity index (χ3n) is 3.27. The molecular weight excluding hydrogens is 276 g/mol. The maximum absolute atomic E-state index is 10.8. The fourth-order valence-corrected chi connectivity index (χ4v) is 2.11. The first kappa shape index (κ1) is 14.3. The second kappa shape index (κ2) is 5.92. The van der Waals surface area contributed by atoms with E-state index in [1.165, 1.54) is 6.20 Å². The molecule has 2 aromatic rings. The minimum absolute atomic E-state index is 0.0804. The summed E-state index contributed by atoms with van der Waals surface area (Å²) in [6.45, 7) is 2.04. The Balaban J connectivity index is 2.22. The number of carbonyl (C=O) groups is 1. The molecule has 1 unspecified atom stereocenters. The Hall–Kier alpha value is -2.07. The van der Waals surface area contributed by atoms with Crippen molar-refractivity contribution in [2.45, 2.75) is 13.0 Å². The van der Waals surface area contributed by atoms with Crippen molar-refractivity contribution >= 4 is 23.4 Å². The van der Waals surface area contributed by atoms with Gasteiger partial charge in [0.2, 0.25) is 0 Å². The minimum Gasteiger partial charge on any atom is -0.478 e. The van der Waals surface area contributed by atoms with Crippen LogP contribution in [0.3, 0.4) is 0 Å². The van der Waals surface area contributed by atoms with Crippen LogP contribution in [0, 0.1) is 0 Å². The highest BCUT2D eigenvalue weighted by atomic mass is 35.5. The van der Waals surface area contributed by atoms with Crippen molar-refractivity contribution in [3.63, 3.8) is 0 Å². The Labute approximate surface area is 122 Å². The van der Waals surface area contributed by atoms with E-state index in [-0.39, 0.29) is 11.6 Å². The first-order chi connectivity index (χ1) is 9.49. The van der Waals surface area contributed by atoms with E-state index in [9.17, 15) is 4.79 Å². The molecule has 0 amide bonds. The third-order valence-corrected chi connectivity index (χ3v) is 3.50. The maximum atomic E-state index is 10.8. The van der Waals surface area contributed by atoms with Gasteiger partial charge in [-0.15, -0.1) is 0 Å². The topological polar surface area (TPSA) is 53.4 Å². The third kappa shape index (κ3) is 3.08. The summed E-state index contributed by atoms with van der Waals surface area (Å²) in [6.07, 6.45) is 1.36. The van der Waals surface area contributed by atoms with Crippen molar-refractivity contribution in [2.75, 3.05) is 11.9 Å². The minimum atomic E-state index is -0.977. The lowest BCUT2D eigenvalue weighted by Crippen LogP contribution is -2.22. The van der Waals surface area contributed by atoms with Gasteiger partial charge in [-0.25, -0.2) is 9.78 Å². The summed E-state index contributed by atoms with van der Waals surface area (Å²) in [6, 6.07) is 11.0. The number of nitrogens with zero attached hydrogens (tertiary/aromatic N) is 2. The lowest BCUT2D eigenvalue weighted by atomic mass is 10.1. The van der Waals surface area contributed by atoms with Gasteiger partial charge < -0.3 is 10.0 Å². The van der Waals surface area contributed by atoms with Crippen molar-refractivity contribution in [1.82, 2.24) is 4.98 Å². The summed E-state index contributed by atoms with van der Waals surface area (Å²) < 4.78 is 0. The van der Waals surface area contributed by atoms with Gasteiger partial charge in [-0.05, 0) is 36.8 Å². The molecule has 5 heteroatoms. The standard InChI is InChI=1S/C15H15ClN2O2/c1-10(11-4-3-5-13(16)8-11)18(2)14-7-6-12(9-17-14)15(19)20/h3-10H,1-2H3,(H,19,20). The van der Waals surface area contributed by atoms with Crippen LogP contribution in [0.5, 0.6) is 0 Å². The molecule has 1 aromatic heterocycles. The molecular formula is C15H15ClN2O2. The van der Waals surface area contributed by atoms with Gasteiger partial charge >= 0.3 is 5.97 Å². The number of aromatic carboxylic acids is 1. The van der Waals surface area contributed by atoms with Gasteiger partial charge in [-0.2, -0.15) is 0 Å². The average molecular weight is 291 g/mol. The van der Waals surface area contributed by atoms with Gasteiger partial charge in [0.1, 0.15) is 5.82 Å². The fourth-order valence-electron chi connectivity index (χ4n) is 1.91. The van der Waals surface area contributed by atoms with E-state index in [4.69, 9.17) is 16.7 Å². The van der Waals surface area contributed by atoms with Crippen LogP contribution in [0.25, 0.3) is 0 Å². The zero-order valence-corrected chi connectivity index (χ0v) is 12.0. The number of carboxylic acids is 1. The van der Waals surface area contributed by atoms with E-state index in [0.29, 0.717) is 10.8 Å². The number of hydrogen-bond acceptors (Lipinski definition) is 3. The van der Waals surface area contributed by atoms with Crippen molar-refractivity contribution in [1.29, 1.82) is 0 Å². The van der Waals surface area contributed by atoms with E-state index in [1.54, 1.807) is 12.1 Å². The Morgan fingerprint density at radius 2 is 2.10 bits per heavy atom. The zero-order valence-electron chi connectivity index (χ0n) is 11.2. The van der Waals surface area contributed by atoms with Crippen LogP contribution in [0.1, 0.15) is 28.9 Å². The van der Waals surface area contributed by atoms with Crippen LogP contribution in [-0.4, -0.2) is 23.1 Å². The summed E-state index contributed by atoms with van der Waals surface area (Å²) in [5, 5.41) is 9.56. The highest BCUT2D eigenvalue weighted by Gasteiger charge is 2.14. The molecule has 20 heavy (non-hydrogen) atoms. The Morgan fingerprint density at radius 1 is 1.35 bits per heavy atom. The first-order valence-electron chi connectivity index (χ1n) is 6.16. The smallest absolute Gasteiger partial charge is 0.337 e. The molecule has 1 N–H and O–H groups in total. The van der Waals surface area contributed by atoms with Crippen LogP contribution in [0.15, 0.2) is 42.6 Å². The maximum Gasteiger partial charge on any atom is 0.337 e. The molecule has 0 aliphatic heterocycles. The molecule has 0 saturated carbocycles. The van der Waals surface area contributed by atoms with E-state index in [2.05, 4.69) is 4.98 Å². The molecule has 1 atom stereocenters. The van der Waals surface area contributed by atoms with Crippen molar-refractivity contribution in [3.05, 3.63) is 58.7 Å². The number of anilines is 1. The molecule has 0 spiro atoms. The van der Waals surface area contributed by atoms with Crippen LogP contribution in [-0.2, 0) is 0 Å². The van der Waals surface area contributed by atoms with Crippen molar-refractivity contribution in [3.8, 4) is 0 Å². The lowest BCUT2D eigenvalue weighted by Gasteiger charge is -2.26. The van der Waals surface area contributed by atoms with Gasteiger partial charge in [0.05, 0.1) is 11.6 Å². The zero-order chi connectivity index (χ0) is 14.7. The molecule has 0 fully saturated rings. The van der Waals surface area contributed by atoms with Gasteiger partial charge in [0, 0.05) is 18.3 Å². The van der Waals surface area contributed by atoms with Crippen LogP contribution in [0.2, 0.25) is 5.02 Å². The van der Waals surface area contributed by atoms with E-state index >= 15 is 0 Å². The molecule has 0 saturated heterocycles. The number of benzene rings is 1. The Morgan fingerprint density at radius 3 is 2.65 bits per heavy atom. The Kier molecular flexibility index (Phi) is 4.25. The number of carboxylic acid groups (broad SMARTS) is 1. The monoisotopic (exact) mass is 290 g/mol. The molecule has 0 radical (unpaired) electrons. The largest absolute Gasteiger partial charge is 0.478 e. The molecule has 0 aliphatic rings. The summed E-state index contributed by atoms with van der Waals surface area (Å²) in [5.74, 6) is -0.267. The second-order valence-corrected chi connectivity index (χ2v) is 4.99. The van der Waals surface area contributed by atoms with Crippen LogP contribution >= 0.6 is 11.6 Å². The molecule has 1 aromatic carbocycles. The second-order valence-electron chi connectivity index (χ2n) is 4.55. The van der Waals surface area contributed by atoms with Crippen LogP contribution < -0.4 is 4.90 Å². The molecule has 4 nitrogen and oxygen atoms in total. The highest BCUT2D eigenvalue weighted by Crippen LogP contribution is 2.25. The van der Waals surface area contributed by atoms with Gasteiger partial charge in [0.15, 0.2) is 0 Å². The van der Waals surface area contributed by atoms with E-state index < -0.39 is 5.97 Å². The summed E-state index contributed by atoms with van der Waals surface area (Å²) in [4.78, 5) is 17.0. The number of aromatic nitrogens is 1. The molecule has 0 aliphatic carbocycles. The van der Waals surface area contributed by atoms with Crippen molar-refractivity contribution in [2.24, 2.45) is 0 Å². The Bertz CT molecular complexity index is 614. The number of rotatable bonds is 4. The van der Waals surface area contributed by atoms with Gasteiger partial charge in [0.25, 0.3) is 0 Å². The van der Waals surface area contributed by atoms with E-state index in [1.807, 2.05) is 43.1 Å². The van der Waals surface area contributed by atoms with Gasteiger partial charge in [-0.1, -0.05) is 23.7 Å². The predicted octanol–water partition coefficient (Wildman–Crippen LogP) is 3.63. The average Bonchev–Trinajstić information content (AvgIpc) is 2.46. The number of pyridine rings is 1. The van der Waals surface area contributed by atoms with Gasteiger partial charge in [-0.3, -0.25) is 0 Å². The quantitative estimate of drug-likeness (QED) is 0.934. The predicted molar refractivity (Wildman–Crippen MR) is 79.5 cm³/mol. The summed E-state index contributed by atoms with van der Waals surface area (Å²) in [5.41, 5.74) is 1.25. The number of halogens is 1. The fraction of sp³-hybridized carbons (Fsp3) is 0.200. The summed E-state index contributed by atoms with van der Waals surface area (Å²) in [7, 11) is 1.91. The number of hydrogen-bond donors (Lipinski definition) is 1. The highest BCUT2D eigenvalue weighted by molar-refractivity contribution is 6.30. The molecule has 2 rings (SSSR count). The molecule has 0 bridgehead atoms. The first-order valence-corrected chi connectivity index (χ1v) is 6.54. The van der Waals surface area contributed by atoms with Crippen molar-refractivity contribution < 1.29 is 9.90 Å². The lowest BCUT2D eigenvalue weighted by molar-refractivity contribution is 0.0696.